The van der Waals surface area contributed by atoms with Gasteiger partial charge in [-0.05, 0) is 31.9 Å². The summed E-state index contributed by atoms with van der Waals surface area (Å²) >= 11 is 3.60. The largest absolute Gasteiger partial charge is 0.348 e. The number of nitro groups is 1. The third kappa shape index (κ3) is 3.36. The molecule has 20 heavy (non-hydrogen) atoms. The minimum Gasteiger partial charge on any atom is -0.348 e. The Labute approximate surface area is 126 Å². The first-order valence-electron chi connectivity index (χ1n) is 6.69. The fourth-order valence-electron chi connectivity index (χ4n) is 2.50. The molecule has 0 aliphatic heterocycles. The first kappa shape index (κ1) is 15.0. The van der Waals surface area contributed by atoms with Crippen LogP contribution in [0.4, 0.5) is 5.69 Å². The molecule has 108 valence electrons. The Kier molecular flexibility index (Phi) is 4.75. The highest BCUT2D eigenvalue weighted by molar-refractivity contribution is 9.09. The van der Waals surface area contributed by atoms with Crippen LogP contribution in [0.3, 0.4) is 0 Å². The first-order chi connectivity index (χ1) is 9.49. The van der Waals surface area contributed by atoms with Crippen molar-refractivity contribution in [1.82, 2.24) is 5.32 Å². The summed E-state index contributed by atoms with van der Waals surface area (Å²) in [6.45, 7) is 1.64. The van der Waals surface area contributed by atoms with E-state index in [4.69, 9.17) is 0 Å². The van der Waals surface area contributed by atoms with Gasteiger partial charge in [-0.3, -0.25) is 14.9 Å². The maximum absolute atomic E-state index is 12.2. The average molecular weight is 341 g/mol. The van der Waals surface area contributed by atoms with E-state index in [9.17, 15) is 14.9 Å². The van der Waals surface area contributed by atoms with E-state index in [2.05, 4.69) is 21.2 Å². The lowest BCUT2D eigenvalue weighted by molar-refractivity contribution is -0.385. The van der Waals surface area contributed by atoms with Crippen LogP contribution >= 0.6 is 15.9 Å². The second-order valence-electron chi connectivity index (χ2n) is 5.14. The predicted molar refractivity (Wildman–Crippen MR) is 80.3 cm³/mol. The summed E-state index contributed by atoms with van der Waals surface area (Å²) in [6, 6.07) is 4.59. The van der Waals surface area contributed by atoms with Crippen molar-refractivity contribution in [2.24, 2.45) is 0 Å². The normalized spacial score (nSPS) is 22.3. The Morgan fingerprint density at radius 3 is 2.70 bits per heavy atom. The zero-order valence-electron chi connectivity index (χ0n) is 11.3. The number of aryl methyl sites for hydroxylation is 1. The average Bonchev–Trinajstić information content (AvgIpc) is 2.40. The summed E-state index contributed by atoms with van der Waals surface area (Å²) in [5.74, 6) is -0.167. The fourth-order valence-corrected chi connectivity index (χ4v) is 3.22. The third-order valence-electron chi connectivity index (χ3n) is 3.65. The van der Waals surface area contributed by atoms with E-state index in [1.807, 2.05) is 0 Å². The second-order valence-corrected chi connectivity index (χ2v) is 6.31. The van der Waals surface area contributed by atoms with Gasteiger partial charge in [0.25, 0.3) is 11.6 Å². The number of alkyl halides is 1. The van der Waals surface area contributed by atoms with Crippen LogP contribution in [0.15, 0.2) is 18.2 Å². The van der Waals surface area contributed by atoms with Crippen molar-refractivity contribution in [3.63, 3.8) is 0 Å². The van der Waals surface area contributed by atoms with Gasteiger partial charge in [-0.1, -0.05) is 28.8 Å². The lowest BCUT2D eigenvalue weighted by atomic mass is 9.95. The quantitative estimate of drug-likeness (QED) is 0.521. The van der Waals surface area contributed by atoms with Crippen LogP contribution in [0.5, 0.6) is 0 Å². The lowest BCUT2D eigenvalue weighted by Gasteiger charge is -2.28. The van der Waals surface area contributed by atoms with E-state index in [0.29, 0.717) is 16.0 Å². The molecular formula is C14H17BrN2O3. The molecule has 2 rings (SSSR count). The topological polar surface area (TPSA) is 72.2 Å². The molecule has 0 saturated heterocycles. The van der Waals surface area contributed by atoms with E-state index in [1.54, 1.807) is 13.0 Å². The molecule has 1 N–H and O–H groups in total. The van der Waals surface area contributed by atoms with Crippen molar-refractivity contribution in [2.75, 3.05) is 0 Å². The minimum absolute atomic E-state index is 0.0394. The number of carbonyl (C=O) groups is 1. The number of nitrogens with zero attached hydrogens (tertiary/aromatic N) is 1. The maximum atomic E-state index is 12.2. The van der Waals surface area contributed by atoms with Crippen LogP contribution in [0.1, 0.15) is 41.6 Å². The van der Waals surface area contributed by atoms with Crippen molar-refractivity contribution in [3.05, 3.63) is 39.4 Å². The number of benzene rings is 1. The number of rotatable bonds is 3. The van der Waals surface area contributed by atoms with E-state index in [1.165, 1.54) is 18.6 Å². The summed E-state index contributed by atoms with van der Waals surface area (Å²) in [4.78, 5) is 22.8. The molecule has 0 bridgehead atoms. The molecule has 1 aliphatic carbocycles. The Balaban J connectivity index is 2.09. The predicted octanol–water partition coefficient (Wildman–Crippen LogP) is 3.34. The summed E-state index contributed by atoms with van der Waals surface area (Å²) in [5.41, 5.74) is 1.01. The van der Waals surface area contributed by atoms with Gasteiger partial charge < -0.3 is 5.32 Å². The number of nitro benzene ring substituents is 1. The molecule has 0 heterocycles. The standard InChI is InChI=1S/C14H17BrN2O3/c1-9-8-10(6-7-13(9)17(19)20)14(18)16-12-5-3-2-4-11(12)15/h6-8,11-12H,2-5H2,1H3,(H,16,18). The third-order valence-corrected chi connectivity index (χ3v) is 4.75. The number of hydrogen-bond donors (Lipinski definition) is 1. The van der Waals surface area contributed by atoms with Gasteiger partial charge in [0.15, 0.2) is 0 Å². The Hall–Kier alpha value is -1.43. The molecule has 0 radical (unpaired) electrons. The lowest BCUT2D eigenvalue weighted by Crippen LogP contribution is -2.42. The highest BCUT2D eigenvalue weighted by Gasteiger charge is 2.25. The Bertz CT molecular complexity index is 533. The fraction of sp³-hybridized carbons (Fsp3) is 0.500. The highest BCUT2D eigenvalue weighted by Crippen LogP contribution is 2.25. The monoisotopic (exact) mass is 340 g/mol. The summed E-state index contributed by atoms with van der Waals surface area (Å²) in [5, 5.41) is 13.8. The van der Waals surface area contributed by atoms with Crippen molar-refractivity contribution in [3.8, 4) is 0 Å². The number of nitrogens with one attached hydrogen (secondary N) is 1. The Morgan fingerprint density at radius 2 is 2.10 bits per heavy atom. The molecule has 0 spiro atoms. The van der Waals surface area contributed by atoms with Crippen molar-refractivity contribution in [2.45, 2.75) is 43.5 Å². The molecule has 1 fully saturated rings. The van der Waals surface area contributed by atoms with E-state index in [-0.39, 0.29) is 17.6 Å². The van der Waals surface area contributed by atoms with E-state index >= 15 is 0 Å². The van der Waals surface area contributed by atoms with Gasteiger partial charge in [0.1, 0.15) is 0 Å². The SMILES string of the molecule is Cc1cc(C(=O)NC2CCCCC2Br)ccc1[N+](=O)[O-]. The maximum Gasteiger partial charge on any atom is 0.272 e. The molecule has 2 atom stereocenters. The van der Waals surface area contributed by atoms with Crippen molar-refractivity contribution < 1.29 is 9.72 Å². The van der Waals surface area contributed by atoms with E-state index < -0.39 is 4.92 Å². The van der Waals surface area contributed by atoms with Gasteiger partial charge in [0.05, 0.1) is 4.92 Å². The van der Waals surface area contributed by atoms with Crippen LogP contribution in [-0.4, -0.2) is 21.7 Å². The molecule has 2 unspecified atom stereocenters. The Morgan fingerprint density at radius 1 is 1.40 bits per heavy atom. The van der Waals surface area contributed by atoms with Crippen molar-refractivity contribution >= 4 is 27.5 Å². The zero-order valence-corrected chi connectivity index (χ0v) is 12.9. The van der Waals surface area contributed by atoms with Gasteiger partial charge in [0, 0.05) is 28.1 Å². The smallest absolute Gasteiger partial charge is 0.272 e. The molecule has 6 heteroatoms. The van der Waals surface area contributed by atoms with E-state index in [0.717, 1.165) is 19.3 Å². The molecule has 5 nitrogen and oxygen atoms in total. The van der Waals surface area contributed by atoms with Gasteiger partial charge >= 0.3 is 0 Å². The van der Waals surface area contributed by atoms with Crippen LogP contribution in [0.2, 0.25) is 0 Å². The first-order valence-corrected chi connectivity index (χ1v) is 7.60. The molecule has 1 amide bonds. The minimum atomic E-state index is -0.438. The van der Waals surface area contributed by atoms with Gasteiger partial charge in [-0.25, -0.2) is 0 Å². The molecule has 1 aromatic rings. The van der Waals surface area contributed by atoms with Crippen LogP contribution in [-0.2, 0) is 0 Å². The zero-order chi connectivity index (χ0) is 14.7. The summed E-state index contributed by atoms with van der Waals surface area (Å²) in [6.07, 6.45) is 4.32. The number of hydrogen-bond acceptors (Lipinski definition) is 3. The molecule has 1 saturated carbocycles. The number of amides is 1. The van der Waals surface area contributed by atoms with Crippen LogP contribution in [0.25, 0.3) is 0 Å². The summed E-state index contributed by atoms with van der Waals surface area (Å²) < 4.78 is 0. The number of carbonyl (C=O) groups excluding carboxylic acids is 1. The molecule has 0 aromatic heterocycles. The summed E-state index contributed by atoms with van der Waals surface area (Å²) in [7, 11) is 0. The second kappa shape index (κ2) is 6.35. The van der Waals surface area contributed by atoms with Gasteiger partial charge in [-0.2, -0.15) is 0 Å². The van der Waals surface area contributed by atoms with Crippen LogP contribution in [0, 0.1) is 17.0 Å². The van der Waals surface area contributed by atoms with Crippen LogP contribution < -0.4 is 5.32 Å². The number of halogens is 1. The molecule has 1 aliphatic rings. The molecule has 1 aromatic carbocycles. The molecular weight excluding hydrogens is 324 g/mol. The van der Waals surface area contributed by atoms with Gasteiger partial charge in [0.2, 0.25) is 0 Å². The van der Waals surface area contributed by atoms with Crippen molar-refractivity contribution in [1.29, 1.82) is 0 Å². The van der Waals surface area contributed by atoms with Gasteiger partial charge in [-0.15, -0.1) is 0 Å². The highest BCUT2D eigenvalue weighted by atomic mass is 79.9.